The van der Waals surface area contributed by atoms with Crippen LogP contribution in [0, 0.1) is 11.8 Å². The van der Waals surface area contributed by atoms with Crippen molar-refractivity contribution in [1.29, 1.82) is 0 Å². The van der Waals surface area contributed by atoms with Crippen molar-refractivity contribution < 1.29 is 0 Å². The standard InChI is InChI=1S/C12H17NS/c1-3-4-5-6-12(13-2)9-11-7-8-14-10-11/h7-8,10,12-13H,5-6,9H2,1-2H3. The molecule has 0 saturated carbocycles. The first-order valence-corrected chi connectivity index (χ1v) is 5.89. The van der Waals surface area contributed by atoms with Crippen LogP contribution in [0.5, 0.6) is 0 Å². The van der Waals surface area contributed by atoms with Crippen LogP contribution in [0.15, 0.2) is 16.8 Å². The summed E-state index contributed by atoms with van der Waals surface area (Å²) in [4.78, 5) is 0. The number of hydrogen-bond acceptors (Lipinski definition) is 2. The van der Waals surface area contributed by atoms with E-state index in [1.807, 2.05) is 14.0 Å². The summed E-state index contributed by atoms with van der Waals surface area (Å²) in [6.07, 6.45) is 3.24. The van der Waals surface area contributed by atoms with Crippen molar-refractivity contribution in [2.24, 2.45) is 0 Å². The number of nitrogens with one attached hydrogen (secondary N) is 1. The molecule has 0 aliphatic rings. The maximum absolute atomic E-state index is 3.34. The minimum atomic E-state index is 0.561. The fourth-order valence-electron chi connectivity index (χ4n) is 1.41. The van der Waals surface area contributed by atoms with Crippen molar-refractivity contribution in [2.45, 2.75) is 32.2 Å². The van der Waals surface area contributed by atoms with E-state index >= 15 is 0 Å². The molecule has 0 fully saturated rings. The lowest BCUT2D eigenvalue weighted by Crippen LogP contribution is -2.27. The van der Waals surface area contributed by atoms with Crippen molar-refractivity contribution in [1.82, 2.24) is 5.32 Å². The van der Waals surface area contributed by atoms with Crippen LogP contribution in [0.4, 0.5) is 0 Å². The van der Waals surface area contributed by atoms with Crippen molar-refractivity contribution >= 4 is 11.3 Å². The predicted molar refractivity (Wildman–Crippen MR) is 63.6 cm³/mol. The molecule has 0 aromatic carbocycles. The summed E-state index contributed by atoms with van der Waals surface area (Å²) in [6, 6.07) is 2.76. The highest BCUT2D eigenvalue weighted by Gasteiger charge is 2.06. The normalized spacial score (nSPS) is 11.9. The first kappa shape index (κ1) is 11.3. The molecule has 1 rings (SSSR count). The quantitative estimate of drug-likeness (QED) is 0.732. The summed E-state index contributed by atoms with van der Waals surface area (Å²) >= 11 is 1.76. The van der Waals surface area contributed by atoms with Gasteiger partial charge in [-0.2, -0.15) is 11.3 Å². The molecule has 0 spiro atoms. The van der Waals surface area contributed by atoms with Gasteiger partial charge in [0.2, 0.25) is 0 Å². The number of hydrogen-bond donors (Lipinski definition) is 1. The van der Waals surface area contributed by atoms with Gasteiger partial charge in [0.1, 0.15) is 0 Å². The fraction of sp³-hybridized carbons (Fsp3) is 0.500. The van der Waals surface area contributed by atoms with Crippen LogP contribution in [-0.2, 0) is 6.42 Å². The predicted octanol–water partition coefficient (Wildman–Crippen LogP) is 2.68. The fourth-order valence-corrected chi connectivity index (χ4v) is 2.09. The van der Waals surface area contributed by atoms with Crippen LogP contribution in [0.2, 0.25) is 0 Å². The highest BCUT2D eigenvalue weighted by Crippen LogP contribution is 2.10. The second kappa shape index (κ2) is 6.64. The van der Waals surface area contributed by atoms with E-state index in [9.17, 15) is 0 Å². The molecule has 2 heteroatoms. The maximum atomic E-state index is 3.34. The summed E-state index contributed by atoms with van der Waals surface area (Å²) in [5, 5.41) is 7.69. The molecule has 0 bridgehead atoms. The van der Waals surface area contributed by atoms with E-state index in [-0.39, 0.29) is 0 Å². The Balaban J connectivity index is 2.34. The summed E-state index contributed by atoms with van der Waals surface area (Å²) in [5.74, 6) is 6.04. The lowest BCUT2D eigenvalue weighted by molar-refractivity contribution is 0.528. The van der Waals surface area contributed by atoms with E-state index in [0.717, 1.165) is 19.3 Å². The Morgan fingerprint density at radius 1 is 1.57 bits per heavy atom. The van der Waals surface area contributed by atoms with E-state index in [1.54, 1.807) is 11.3 Å². The van der Waals surface area contributed by atoms with Crippen LogP contribution < -0.4 is 5.32 Å². The molecular formula is C12H17NS. The first-order chi connectivity index (χ1) is 6.86. The van der Waals surface area contributed by atoms with Crippen LogP contribution in [0.3, 0.4) is 0 Å². The zero-order valence-electron chi connectivity index (χ0n) is 8.84. The van der Waals surface area contributed by atoms with Gasteiger partial charge < -0.3 is 5.32 Å². The lowest BCUT2D eigenvalue weighted by atomic mass is 10.0. The molecule has 1 aromatic heterocycles. The molecule has 0 aliphatic carbocycles. The van der Waals surface area contributed by atoms with Crippen LogP contribution in [0.25, 0.3) is 0 Å². The van der Waals surface area contributed by atoms with Crippen molar-refractivity contribution in [3.05, 3.63) is 22.4 Å². The molecule has 1 atom stereocenters. The van der Waals surface area contributed by atoms with E-state index in [4.69, 9.17) is 0 Å². The van der Waals surface area contributed by atoms with Crippen LogP contribution in [-0.4, -0.2) is 13.1 Å². The number of rotatable bonds is 5. The Bertz CT molecular complexity index is 292. The Kier molecular flexibility index (Phi) is 5.36. The Morgan fingerprint density at radius 2 is 2.43 bits per heavy atom. The van der Waals surface area contributed by atoms with Gasteiger partial charge in [0.25, 0.3) is 0 Å². The number of likely N-dealkylation sites (N-methyl/N-ethyl adjacent to an activating group) is 1. The Labute approximate surface area is 90.5 Å². The van der Waals surface area contributed by atoms with Crippen LogP contribution >= 0.6 is 11.3 Å². The van der Waals surface area contributed by atoms with Gasteiger partial charge >= 0.3 is 0 Å². The van der Waals surface area contributed by atoms with Crippen molar-refractivity contribution in [3.63, 3.8) is 0 Å². The third-order valence-corrected chi connectivity index (χ3v) is 3.00. The minimum absolute atomic E-state index is 0.561. The average molecular weight is 207 g/mol. The summed E-state index contributed by atoms with van der Waals surface area (Å²) < 4.78 is 0. The number of thiophene rings is 1. The summed E-state index contributed by atoms with van der Waals surface area (Å²) in [6.45, 7) is 1.90. The van der Waals surface area contributed by atoms with Gasteiger partial charge in [0.15, 0.2) is 0 Å². The third kappa shape index (κ3) is 3.95. The third-order valence-electron chi connectivity index (χ3n) is 2.27. The molecule has 1 heterocycles. The van der Waals surface area contributed by atoms with Gasteiger partial charge in [-0.1, -0.05) is 0 Å². The van der Waals surface area contributed by atoms with Gasteiger partial charge in [-0.25, -0.2) is 0 Å². The Morgan fingerprint density at radius 3 is 3.00 bits per heavy atom. The zero-order chi connectivity index (χ0) is 10.2. The van der Waals surface area contributed by atoms with Gasteiger partial charge in [0.05, 0.1) is 0 Å². The molecule has 76 valence electrons. The zero-order valence-corrected chi connectivity index (χ0v) is 9.66. The minimum Gasteiger partial charge on any atom is -0.317 e. The highest BCUT2D eigenvalue weighted by atomic mass is 32.1. The molecule has 0 saturated heterocycles. The highest BCUT2D eigenvalue weighted by molar-refractivity contribution is 7.07. The monoisotopic (exact) mass is 207 g/mol. The topological polar surface area (TPSA) is 12.0 Å². The molecule has 1 nitrogen and oxygen atoms in total. The summed E-state index contributed by atoms with van der Waals surface area (Å²) in [7, 11) is 2.02. The van der Waals surface area contributed by atoms with E-state index in [0.29, 0.717) is 6.04 Å². The van der Waals surface area contributed by atoms with Gasteiger partial charge in [-0.05, 0) is 49.2 Å². The smallest absolute Gasteiger partial charge is 0.0114 e. The van der Waals surface area contributed by atoms with Crippen LogP contribution in [0.1, 0.15) is 25.3 Å². The molecule has 1 N–H and O–H groups in total. The van der Waals surface area contributed by atoms with Gasteiger partial charge in [0, 0.05) is 12.5 Å². The van der Waals surface area contributed by atoms with Gasteiger partial charge in [-0.3, -0.25) is 0 Å². The lowest BCUT2D eigenvalue weighted by Gasteiger charge is -2.13. The molecule has 14 heavy (non-hydrogen) atoms. The molecule has 1 unspecified atom stereocenters. The van der Waals surface area contributed by atoms with E-state index < -0.39 is 0 Å². The molecule has 0 aliphatic heterocycles. The molecule has 1 aromatic rings. The van der Waals surface area contributed by atoms with Crippen molar-refractivity contribution in [2.75, 3.05) is 7.05 Å². The largest absolute Gasteiger partial charge is 0.317 e. The van der Waals surface area contributed by atoms with E-state index in [2.05, 4.69) is 34.0 Å². The second-order valence-electron chi connectivity index (χ2n) is 3.29. The molecular weight excluding hydrogens is 190 g/mol. The van der Waals surface area contributed by atoms with Gasteiger partial charge in [-0.15, -0.1) is 11.8 Å². The summed E-state index contributed by atoms with van der Waals surface area (Å²) in [5.41, 5.74) is 1.43. The average Bonchev–Trinajstić information content (AvgIpc) is 2.69. The van der Waals surface area contributed by atoms with Crippen molar-refractivity contribution in [3.8, 4) is 11.8 Å². The Hall–Kier alpha value is -0.780. The second-order valence-corrected chi connectivity index (χ2v) is 4.07. The first-order valence-electron chi connectivity index (χ1n) is 4.94. The molecule has 0 amide bonds. The maximum Gasteiger partial charge on any atom is 0.0114 e. The SMILES string of the molecule is CC#CCCC(Cc1ccsc1)NC. The van der Waals surface area contributed by atoms with E-state index in [1.165, 1.54) is 5.56 Å². The molecule has 0 radical (unpaired) electrons.